The van der Waals surface area contributed by atoms with Crippen LogP contribution < -0.4 is 0 Å². The van der Waals surface area contributed by atoms with Crippen molar-refractivity contribution in [3.63, 3.8) is 0 Å². The number of carbonyl (C=O) groups excluding carboxylic acids is 1. The SMILES string of the molecule is CN(Cc1ccc(Cl)nc1)C(=O)c1ccc(F)cc1I. The monoisotopic (exact) mass is 404 g/mol. The molecule has 1 amide bonds. The van der Waals surface area contributed by atoms with Crippen molar-refractivity contribution >= 4 is 40.1 Å². The molecular formula is C14H11ClFIN2O. The van der Waals surface area contributed by atoms with Gasteiger partial charge in [-0.05, 0) is 52.4 Å². The Morgan fingerprint density at radius 3 is 2.75 bits per heavy atom. The molecule has 0 aliphatic carbocycles. The highest BCUT2D eigenvalue weighted by Gasteiger charge is 2.15. The molecule has 0 radical (unpaired) electrons. The summed E-state index contributed by atoms with van der Waals surface area (Å²) < 4.78 is 13.6. The van der Waals surface area contributed by atoms with E-state index in [9.17, 15) is 9.18 Å². The maximum absolute atomic E-state index is 13.0. The number of halogens is 3. The summed E-state index contributed by atoms with van der Waals surface area (Å²) in [5, 5.41) is 0.413. The molecule has 0 aliphatic heterocycles. The fourth-order valence-electron chi connectivity index (χ4n) is 1.71. The summed E-state index contributed by atoms with van der Waals surface area (Å²) in [4.78, 5) is 17.8. The van der Waals surface area contributed by atoms with Gasteiger partial charge in [-0.1, -0.05) is 17.7 Å². The smallest absolute Gasteiger partial charge is 0.254 e. The molecule has 0 atom stereocenters. The van der Waals surface area contributed by atoms with Crippen LogP contribution in [-0.4, -0.2) is 22.8 Å². The Morgan fingerprint density at radius 2 is 2.15 bits per heavy atom. The topological polar surface area (TPSA) is 33.2 Å². The quantitative estimate of drug-likeness (QED) is 0.577. The molecule has 1 heterocycles. The van der Waals surface area contributed by atoms with Crippen molar-refractivity contribution in [1.29, 1.82) is 0 Å². The third-order valence-electron chi connectivity index (χ3n) is 2.72. The second-order valence-corrected chi connectivity index (χ2v) is 5.82. The van der Waals surface area contributed by atoms with Gasteiger partial charge in [0.25, 0.3) is 5.91 Å². The van der Waals surface area contributed by atoms with Crippen molar-refractivity contribution in [3.8, 4) is 0 Å². The molecule has 0 fully saturated rings. The molecule has 0 saturated heterocycles. The first-order valence-corrected chi connectivity index (χ1v) is 7.24. The predicted octanol–water partition coefficient (Wildman–Crippen LogP) is 3.75. The van der Waals surface area contributed by atoms with Crippen LogP contribution in [-0.2, 0) is 6.54 Å². The zero-order valence-corrected chi connectivity index (χ0v) is 13.5. The first-order valence-electron chi connectivity index (χ1n) is 5.78. The number of hydrogen-bond acceptors (Lipinski definition) is 2. The molecule has 104 valence electrons. The second-order valence-electron chi connectivity index (χ2n) is 4.27. The molecule has 0 saturated carbocycles. The van der Waals surface area contributed by atoms with E-state index >= 15 is 0 Å². The summed E-state index contributed by atoms with van der Waals surface area (Å²) in [7, 11) is 1.69. The van der Waals surface area contributed by atoms with E-state index in [2.05, 4.69) is 4.98 Å². The van der Waals surface area contributed by atoms with Crippen LogP contribution in [0.1, 0.15) is 15.9 Å². The molecule has 0 spiro atoms. The minimum absolute atomic E-state index is 0.163. The van der Waals surface area contributed by atoms with Gasteiger partial charge in [-0.3, -0.25) is 4.79 Å². The molecule has 20 heavy (non-hydrogen) atoms. The minimum Gasteiger partial charge on any atom is -0.337 e. The molecule has 0 bridgehead atoms. The Kier molecular flexibility index (Phi) is 4.93. The molecule has 0 unspecified atom stereocenters. The first kappa shape index (κ1) is 15.2. The number of pyridine rings is 1. The highest BCUT2D eigenvalue weighted by atomic mass is 127. The lowest BCUT2D eigenvalue weighted by Crippen LogP contribution is -2.27. The molecule has 0 N–H and O–H groups in total. The molecule has 2 rings (SSSR count). The Bertz CT molecular complexity index is 634. The summed E-state index contributed by atoms with van der Waals surface area (Å²) in [5.41, 5.74) is 1.36. The van der Waals surface area contributed by atoms with E-state index in [1.807, 2.05) is 28.7 Å². The molecule has 3 nitrogen and oxygen atoms in total. The fourth-order valence-corrected chi connectivity index (χ4v) is 2.53. The van der Waals surface area contributed by atoms with Crippen molar-refractivity contribution in [3.05, 3.63) is 62.2 Å². The van der Waals surface area contributed by atoms with Crippen LogP contribution in [0.5, 0.6) is 0 Å². The third-order valence-corrected chi connectivity index (χ3v) is 3.83. The predicted molar refractivity (Wildman–Crippen MR) is 84.2 cm³/mol. The first-order chi connectivity index (χ1) is 9.47. The molecular weight excluding hydrogens is 394 g/mol. The summed E-state index contributed by atoms with van der Waals surface area (Å²) in [6.07, 6.45) is 1.63. The normalized spacial score (nSPS) is 10.4. The molecule has 2 aromatic rings. The van der Waals surface area contributed by atoms with E-state index < -0.39 is 0 Å². The van der Waals surface area contributed by atoms with Crippen LogP contribution >= 0.6 is 34.2 Å². The highest BCUT2D eigenvalue weighted by molar-refractivity contribution is 14.1. The van der Waals surface area contributed by atoms with E-state index in [0.717, 1.165) is 5.56 Å². The van der Waals surface area contributed by atoms with Gasteiger partial charge in [0.1, 0.15) is 11.0 Å². The lowest BCUT2D eigenvalue weighted by molar-refractivity contribution is 0.0784. The zero-order valence-electron chi connectivity index (χ0n) is 10.6. The van der Waals surface area contributed by atoms with E-state index in [1.165, 1.54) is 18.2 Å². The van der Waals surface area contributed by atoms with Crippen LogP contribution in [0, 0.1) is 9.39 Å². The van der Waals surface area contributed by atoms with Gasteiger partial charge in [0.05, 0.1) is 5.56 Å². The summed E-state index contributed by atoms with van der Waals surface area (Å²) >= 11 is 7.67. The molecule has 1 aromatic carbocycles. The van der Waals surface area contributed by atoms with E-state index in [-0.39, 0.29) is 11.7 Å². The van der Waals surface area contributed by atoms with Crippen LogP contribution in [0.25, 0.3) is 0 Å². The van der Waals surface area contributed by atoms with Crippen molar-refractivity contribution in [2.45, 2.75) is 6.54 Å². The average molecular weight is 405 g/mol. The maximum atomic E-state index is 13.0. The Balaban J connectivity index is 2.14. The van der Waals surface area contributed by atoms with Crippen molar-refractivity contribution in [1.82, 2.24) is 9.88 Å². The maximum Gasteiger partial charge on any atom is 0.254 e. The zero-order chi connectivity index (χ0) is 14.7. The number of hydrogen-bond donors (Lipinski definition) is 0. The van der Waals surface area contributed by atoms with Crippen LogP contribution in [0.4, 0.5) is 4.39 Å². The Morgan fingerprint density at radius 1 is 1.40 bits per heavy atom. The van der Waals surface area contributed by atoms with Gasteiger partial charge in [-0.2, -0.15) is 0 Å². The average Bonchev–Trinajstić information content (AvgIpc) is 2.40. The number of rotatable bonds is 3. The van der Waals surface area contributed by atoms with Gasteiger partial charge >= 0.3 is 0 Å². The molecule has 6 heteroatoms. The van der Waals surface area contributed by atoms with E-state index in [1.54, 1.807) is 24.2 Å². The Hall–Kier alpha value is -1.21. The second kappa shape index (κ2) is 6.49. The van der Waals surface area contributed by atoms with Gasteiger partial charge in [-0.15, -0.1) is 0 Å². The largest absolute Gasteiger partial charge is 0.337 e. The lowest BCUT2D eigenvalue weighted by Gasteiger charge is -2.18. The van der Waals surface area contributed by atoms with Crippen LogP contribution in [0.3, 0.4) is 0 Å². The van der Waals surface area contributed by atoms with Gasteiger partial charge in [-0.25, -0.2) is 9.37 Å². The van der Waals surface area contributed by atoms with E-state index in [0.29, 0.717) is 20.8 Å². The lowest BCUT2D eigenvalue weighted by atomic mass is 10.2. The van der Waals surface area contributed by atoms with E-state index in [4.69, 9.17) is 11.6 Å². The summed E-state index contributed by atoms with van der Waals surface area (Å²) in [6, 6.07) is 7.61. The minimum atomic E-state index is -0.351. The van der Waals surface area contributed by atoms with Crippen molar-refractivity contribution in [2.75, 3.05) is 7.05 Å². The number of benzene rings is 1. The van der Waals surface area contributed by atoms with Gasteiger partial charge in [0, 0.05) is 23.4 Å². The summed E-state index contributed by atoms with van der Waals surface area (Å²) in [5.74, 6) is -0.514. The standard InChI is InChI=1S/C14H11ClFIN2O/c1-19(8-9-2-5-13(15)18-7-9)14(20)11-4-3-10(16)6-12(11)17/h2-7H,8H2,1H3. The number of aromatic nitrogens is 1. The van der Waals surface area contributed by atoms with Crippen molar-refractivity contribution in [2.24, 2.45) is 0 Å². The van der Waals surface area contributed by atoms with Crippen LogP contribution in [0.15, 0.2) is 36.5 Å². The number of amides is 1. The molecule has 1 aromatic heterocycles. The fraction of sp³-hybridized carbons (Fsp3) is 0.143. The van der Waals surface area contributed by atoms with Crippen LogP contribution in [0.2, 0.25) is 5.15 Å². The Labute approximate surface area is 134 Å². The van der Waals surface area contributed by atoms with Crippen molar-refractivity contribution < 1.29 is 9.18 Å². The summed E-state index contributed by atoms with van der Waals surface area (Å²) in [6.45, 7) is 0.413. The number of carbonyl (C=O) groups is 1. The highest BCUT2D eigenvalue weighted by Crippen LogP contribution is 2.17. The molecule has 0 aliphatic rings. The van der Waals surface area contributed by atoms with Gasteiger partial charge in [0.15, 0.2) is 0 Å². The van der Waals surface area contributed by atoms with Gasteiger partial charge < -0.3 is 4.90 Å². The number of nitrogens with zero attached hydrogens (tertiary/aromatic N) is 2. The third kappa shape index (κ3) is 3.67. The van der Waals surface area contributed by atoms with Gasteiger partial charge in [0.2, 0.25) is 0 Å².